The van der Waals surface area contributed by atoms with Gasteiger partial charge >= 0.3 is 5.97 Å². The van der Waals surface area contributed by atoms with Crippen molar-refractivity contribution >= 4 is 11.6 Å². The Morgan fingerprint density at radius 1 is 1.33 bits per heavy atom. The number of aromatic carboxylic acids is 1. The lowest BCUT2D eigenvalue weighted by molar-refractivity contribution is 0.0690. The average Bonchev–Trinajstić information content (AvgIpc) is 3.07. The fraction of sp³-hybridized carbons (Fsp3) is 0.308. The lowest BCUT2D eigenvalue weighted by Crippen LogP contribution is -2.00. The van der Waals surface area contributed by atoms with Gasteiger partial charge in [0, 0.05) is 5.92 Å². The predicted octanol–water partition coefficient (Wildman–Crippen LogP) is 0.945. The van der Waals surface area contributed by atoms with Crippen molar-refractivity contribution in [2.24, 2.45) is 0 Å². The van der Waals surface area contributed by atoms with E-state index in [0.29, 0.717) is 12.5 Å². The van der Waals surface area contributed by atoms with Gasteiger partial charge in [-0.2, -0.15) is 5.10 Å². The lowest BCUT2D eigenvalue weighted by Gasteiger charge is -1.96. The number of fused-ring (bicyclic) bond motifs is 1. The molecule has 0 bridgehead atoms. The van der Waals surface area contributed by atoms with E-state index in [1.54, 1.807) is 4.52 Å². The summed E-state index contributed by atoms with van der Waals surface area (Å²) < 4.78 is 3.21. The standard InChI is InChI=1S/C13H12N6O2/c20-13(21)11-7-18(17-15-11)5-9-6-19-12(14-9)4-3-10(16-19)8-1-2-8/h3-4,6-8H,1-2,5H2,(H,20,21). The van der Waals surface area contributed by atoms with Crippen LogP contribution in [0, 0.1) is 0 Å². The van der Waals surface area contributed by atoms with Gasteiger partial charge in [-0.3, -0.25) is 0 Å². The number of hydrogen-bond donors (Lipinski definition) is 1. The number of carbonyl (C=O) groups is 1. The highest BCUT2D eigenvalue weighted by molar-refractivity contribution is 5.84. The molecule has 0 amide bonds. The first kappa shape index (κ1) is 12.0. The fourth-order valence-corrected chi connectivity index (χ4v) is 2.26. The molecule has 1 aliphatic carbocycles. The second-order valence-corrected chi connectivity index (χ2v) is 5.17. The number of aromatic nitrogens is 6. The van der Waals surface area contributed by atoms with Crippen molar-refractivity contribution in [1.82, 2.24) is 29.6 Å². The van der Waals surface area contributed by atoms with Crippen LogP contribution < -0.4 is 0 Å². The van der Waals surface area contributed by atoms with E-state index in [2.05, 4.69) is 20.4 Å². The quantitative estimate of drug-likeness (QED) is 0.765. The van der Waals surface area contributed by atoms with E-state index in [1.807, 2.05) is 18.3 Å². The molecule has 21 heavy (non-hydrogen) atoms. The van der Waals surface area contributed by atoms with Gasteiger partial charge in [0.15, 0.2) is 11.3 Å². The zero-order valence-electron chi connectivity index (χ0n) is 11.0. The number of carboxylic acids is 1. The molecule has 1 saturated carbocycles. The molecule has 0 unspecified atom stereocenters. The van der Waals surface area contributed by atoms with Gasteiger partial charge in [-0.1, -0.05) is 5.21 Å². The third-order valence-electron chi connectivity index (χ3n) is 3.47. The molecule has 0 atom stereocenters. The summed E-state index contributed by atoms with van der Waals surface area (Å²) >= 11 is 0. The molecule has 8 nitrogen and oxygen atoms in total. The average molecular weight is 284 g/mol. The third kappa shape index (κ3) is 2.24. The second kappa shape index (κ2) is 4.37. The topological polar surface area (TPSA) is 98.2 Å². The van der Waals surface area contributed by atoms with Crippen LogP contribution in [-0.2, 0) is 6.54 Å². The van der Waals surface area contributed by atoms with Gasteiger partial charge in [0.25, 0.3) is 0 Å². The summed E-state index contributed by atoms with van der Waals surface area (Å²) in [7, 11) is 0. The monoisotopic (exact) mass is 284 g/mol. The molecule has 1 fully saturated rings. The summed E-state index contributed by atoms with van der Waals surface area (Å²) in [6.07, 6.45) is 5.63. The molecule has 4 rings (SSSR count). The Balaban J connectivity index is 1.61. The summed E-state index contributed by atoms with van der Waals surface area (Å²) in [6, 6.07) is 3.97. The van der Waals surface area contributed by atoms with E-state index in [0.717, 1.165) is 17.0 Å². The number of nitrogens with zero attached hydrogens (tertiary/aromatic N) is 6. The van der Waals surface area contributed by atoms with E-state index in [4.69, 9.17) is 5.11 Å². The predicted molar refractivity (Wildman–Crippen MR) is 71.0 cm³/mol. The van der Waals surface area contributed by atoms with Gasteiger partial charge in [-0.25, -0.2) is 19.0 Å². The van der Waals surface area contributed by atoms with Crippen molar-refractivity contribution in [2.75, 3.05) is 0 Å². The smallest absolute Gasteiger partial charge is 0.358 e. The van der Waals surface area contributed by atoms with E-state index < -0.39 is 5.97 Å². The highest BCUT2D eigenvalue weighted by atomic mass is 16.4. The maximum Gasteiger partial charge on any atom is 0.358 e. The van der Waals surface area contributed by atoms with E-state index in [-0.39, 0.29) is 5.69 Å². The summed E-state index contributed by atoms with van der Waals surface area (Å²) in [5.74, 6) is -0.499. The largest absolute Gasteiger partial charge is 0.476 e. The zero-order chi connectivity index (χ0) is 14.4. The number of imidazole rings is 1. The normalized spacial score (nSPS) is 14.7. The third-order valence-corrected chi connectivity index (χ3v) is 3.47. The van der Waals surface area contributed by atoms with Crippen LogP contribution in [0.5, 0.6) is 0 Å². The maximum absolute atomic E-state index is 10.8. The molecule has 0 saturated heterocycles. The highest BCUT2D eigenvalue weighted by Gasteiger charge is 2.25. The van der Waals surface area contributed by atoms with Crippen LogP contribution in [0.1, 0.15) is 40.6 Å². The van der Waals surface area contributed by atoms with Gasteiger partial charge in [-0.05, 0) is 25.0 Å². The number of carboxylic acid groups (broad SMARTS) is 1. The minimum Gasteiger partial charge on any atom is -0.476 e. The molecular formula is C13H12N6O2. The number of hydrogen-bond acceptors (Lipinski definition) is 5. The Bertz CT molecular complexity index is 832. The molecule has 1 N–H and O–H groups in total. The maximum atomic E-state index is 10.8. The minimum absolute atomic E-state index is 0.0760. The van der Waals surface area contributed by atoms with Crippen molar-refractivity contribution < 1.29 is 9.90 Å². The van der Waals surface area contributed by atoms with Gasteiger partial charge in [0.05, 0.1) is 30.3 Å². The summed E-state index contributed by atoms with van der Waals surface area (Å²) in [6.45, 7) is 0.363. The van der Waals surface area contributed by atoms with Crippen molar-refractivity contribution in [2.45, 2.75) is 25.3 Å². The molecular weight excluding hydrogens is 272 g/mol. The highest BCUT2D eigenvalue weighted by Crippen LogP contribution is 2.38. The minimum atomic E-state index is -1.09. The van der Waals surface area contributed by atoms with Gasteiger partial charge in [-0.15, -0.1) is 5.10 Å². The Labute approximate surface area is 119 Å². The molecule has 3 heterocycles. The molecule has 3 aromatic heterocycles. The Morgan fingerprint density at radius 3 is 2.90 bits per heavy atom. The molecule has 0 aromatic carbocycles. The molecule has 0 spiro atoms. The van der Waals surface area contributed by atoms with Crippen LogP contribution in [-0.4, -0.2) is 40.7 Å². The van der Waals surface area contributed by atoms with Crippen molar-refractivity contribution in [3.05, 3.63) is 41.6 Å². The summed E-state index contributed by atoms with van der Waals surface area (Å²) in [4.78, 5) is 15.2. The first-order chi connectivity index (χ1) is 10.2. The van der Waals surface area contributed by atoms with Gasteiger partial charge in [0.2, 0.25) is 0 Å². The molecule has 0 radical (unpaired) electrons. The van der Waals surface area contributed by atoms with Gasteiger partial charge in [0.1, 0.15) is 0 Å². The van der Waals surface area contributed by atoms with E-state index in [9.17, 15) is 4.79 Å². The van der Waals surface area contributed by atoms with Crippen LogP contribution in [0.25, 0.3) is 5.65 Å². The molecule has 8 heteroatoms. The molecule has 106 valence electrons. The van der Waals surface area contributed by atoms with Crippen molar-refractivity contribution in [3.63, 3.8) is 0 Å². The second-order valence-electron chi connectivity index (χ2n) is 5.17. The van der Waals surface area contributed by atoms with E-state index >= 15 is 0 Å². The zero-order valence-corrected chi connectivity index (χ0v) is 11.0. The SMILES string of the molecule is O=C(O)c1cn(Cc2cn3nc(C4CC4)ccc3n2)nn1. The molecule has 3 aromatic rings. The first-order valence-electron chi connectivity index (χ1n) is 6.68. The first-order valence-corrected chi connectivity index (χ1v) is 6.68. The van der Waals surface area contributed by atoms with Crippen LogP contribution in [0.4, 0.5) is 0 Å². The van der Waals surface area contributed by atoms with Crippen LogP contribution in [0.2, 0.25) is 0 Å². The van der Waals surface area contributed by atoms with Crippen LogP contribution >= 0.6 is 0 Å². The Hall–Kier alpha value is -2.77. The summed E-state index contributed by atoms with van der Waals surface area (Å²) in [5, 5.41) is 20.7. The van der Waals surface area contributed by atoms with Crippen LogP contribution in [0.3, 0.4) is 0 Å². The van der Waals surface area contributed by atoms with Crippen molar-refractivity contribution in [1.29, 1.82) is 0 Å². The molecule has 1 aliphatic rings. The van der Waals surface area contributed by atoms with Crippen molar-refractivity contribution in [3.8, 4) is 0 Å². The lowest BCUT2D eigenvalue weighted by atomic mass is 10.3. The molecule has 0 aliphatic heterocycles. The Kier molecular flexibility index (Phi) is 2.50. The fourth-order valence-electron chi connectivity index (χ4n) is 2.26. The van der Waals surface area contributed by atoms with E-state index in [1.165, 1.54) is 23.7 Å². The number of rotatable bonds is 4. The van der Waals surface area contributed by atoms with Gasteiger partial charge < -0.3 is 5.11 Å². The Morgan fingerprint density at radius 2 is 2.19 bits per heavy atom. The van der Waals surface area contributed by atoms with Crippen LogP contribution in [0.15, 0.2) is 24.5 Å². The summed E-state index contributed by atoms with van der Waals surface area (Å²) in [5.41, 5.74) is 2.55.